The number of benzene rings is 2. The van der Waals surface area contributed by atoms with Crippen molar-refractivity contribution in [3.63, 3.8) is 0 Å². The number of ether oxygens (including phenoxy) is 1. The lowest BCUT2D eigenvalue weighted by atomic mass is 9.72. The zero-order valence-electron chi connectivity index (χ0n) is 22.6. The van der Waals surface area contributed by atoms with E-state index in [-0.39, 0.29) is 28.3 Å². The molecule has 1 fully saturated rings. The van der Waals surface area contributed by atoms with Crippen LogP contribution in [-0.4, -0.2) is 38.9 Å². The molecule has 0 radical (unpaired) electrons. The van der Waals surface area contributed by atoms with E-state index in [0.717, 1.165) is 28.8 Å². The molecule has 4 rings (SSSR count). The number of nitrogens with zero attached hydrogens (tertiary/aromatic N) is 1. The predicted molar refractivity (Wildman–Crippen MR) is 151 cm³/mol. The number of rotatable bonds is 8. The highest BCUT2D eigenvalue weighted by Crippen LogP contribution is 2.57. The predicted octanol–water partition coefficient (Wildman–Crippen LogP) is 5.34. The lowest BCUT2D eigenvalue weighted by Crippen LogP contribution is -2.68. The van der Waals surface area contributed by atoms with Crippen LogP contribution in [0.2, 0.25) is 5.04 Å². The lowest BCUT2D eigenvalue weighted by molar-refractivity contribution is -0.150. The molecular formula is C31H39NO4Si. The second kappa shape index (κ2) is 10.4. The van der Waals surface area contributed by atoms with E-state index in [0.29, 0.717) is 0 Å². The molecule has 2 unspecified atom stereocenters. The number of fused-ring (bicyclic) bond motifs is 1. The Hall–Kier alpha value is -2.96. The van der Waals surface area contributed by atoms with E-state index < -0.39 is 20.3 Å². The Kier molecular flexibility index (Phi) is 7.63. The highest BCUT2D eigenvalue weighted by molar-refractivity contribution is 6.99. The van der Waals surface area contributed by atoms with Crippen LogP contribution < -0.4 is 10.4 Å². The van der Waals surface area contributed by atoms with Gasteiger partial charge >= 0.3 is 5.97 Å². The van der Waals surface area contributed by atoms with Crippen LogP contribution in [-0.2, 0) is 14.0 Å². The van der Waals surface area contributed by atoms with Gasteiger partial charge in [0.15, 0.2) is 0 Å². The molecule has 2 aliphatic rings. The average molecular weight is 518 g/mol. The van der Waals surface area contributed by atoms with E-state index in [2.05, 4.69) is 75.8 Å². The average Bonchev–Trinajstić information content (AvgIpc) is 3.38. The number of hydrogen-bond acceptors (Lipinski definition) is 5. The normalized spacial score (nSPS) is 25.3. The van der Waals surface area contributed by atoms with Gasteiger partial charge in [0.2, 0.25) is 0 Å². The van der Waals surface area contributed by atoms with E-state index in [1.54, 1.807) is 0 Å². The summed E-state index contributed by atoms with van der Waals surface area (Å²) in [5, 5.41) is 15.1. The van der Waals surface area contributed by atoms with Gasteiger partial charge in [0.25, 0.3) is 8.32 Å². The zero-order valence-corrected chi connectivity index (χ0v) is 23.6. The summed E-state index contributed by atoms with van der Waals surface area (Å²) in [6.07, 6.45) is 6.86. The highest BCUT2D eigenvalue weighted by atomic mass is 28.4. The molecule has 2 aromatic rings. The number of carbonyl (C=O) groups excluding carboxylic acids is 1. The Morgan fingerprint density at radius 2 is 1.70 bits per heavy atom. The van der Waals surface area contributed by atoms with Gasteiger partial charge in [0, 0.05) is 5.92 Å². The summed E-state index contributed by atoms with van der Waals surface area (Å²) in [5.41, 5.74) is 1.10. The van der Waals surface area contributed by atoms with Crippen molar-refractivity contribution in [2.75, 3.05) is 7.11 Å². The van der Waals surface area contributed by atoms with Crippen LogP contribution in [0, 0.1) is 23.2 Å². The molecule has 0 amide bonds. The Bertz CT molecular complexity index is 1130. The van der Waals surface area contributed by atoms with Crippen LogP contribution in [0.3, 0.4) is 0 Å². The SMILES string of the molecule is C=C1CC[C@@]2(C)C=C[C@H](C(C(=O)OC)C(/C=N/O)O[Si](c3ccccc3)(c3ccccc3)C(C)(C)C)[C@@H]12. The molecule has 1 saturated carbocycles. The number of allylic oxidation sites excluding steroid dienone is 3. The summed E-state index contributed by atoms with van der Waals surface area (Å²) < 4.78 is 12.7. The number of esters is 1. The number of hydrogen-bond donors (Lipinski definition) is 1. The van der Waals surface area contributed by atoms with E-state index >= 15 is 0 Å². The molecule has 0 spiro atoms. The minimum atomic E-state index is -3.05. The summed E-state index contributed by atoms with van der Waals surface area (Å²) in [6, 6.07) is 20.5. The van der Waals surface area contributed by atoms with Crippen molar-refractivity contribution in [3.8, 4) is 0 Å². The lowest BCUT2D eigenvalue weighted by Gasteiger charge is -2.46. The first-order valence-electron chi connectivity index (χ1n) is 13.0. The molecule has 5 atom stereocenters. The number of methoxy groups -OCH3 is 1. The minimum Gasteiger partial charge on any atom is -0.469 e. The fourth-order valence-electron chi connectivity index (χ4n) is 6.68. The molecule has 5 nitrogen and oxygen atoms in total. The molecule has 0 heterocycles. The largest absolute Gasteiger partial charge is 0.469 e. The van der Waals surface area contributed by atoms with Crippen molar-refractivity contribution < 1.29 is 19.2 Å². The molecule has 0 saturated heterocycles. The third kappa shape index (κ3) is 4.73. The summed E-state index contributed by atoms with van der Waals surface area (Å²) in [5.74, 6) is -1.13. The molecule has 0 aromatic heterocycles. The zero-order chi connectivity index (χ0) is 26.8. The molecule has 6 heteroatoms. The second-order valence-electron chi connectivity index (χ2n) is 11.6. The van der Waals surface area contributed by atoms with E-state index in [1.165, 1.54) is 13.3 Å². The summed E-state index contributed by atoms with van der Waals surface area (Å²) >= 11 is 0. The molecule has 0 aliphatic heterocycles. The van der Waals surface area contributed by atoms with Crippen molar-refractivity contribution in [2.24, 2.45) is 28.3 Å². The second-order valence-corrected chi connectivity index (χ2v) is 15.9. The van der Waals surface area contributed by atoms with E-state index in [4.69, 9.17) is 9.16 Å². The van der Waals surface area contributed by atoms with Crippen LogP contribution in [0.1, 0.15) is 40.5 Å². The Balaban J connectivity index is 1.89. The smallest absolute Gasteiger partial charge is 0.312 e. The third-order valence-corrected chi connectivity index (χ3v) is 13.4. The van der Waals surface area contributed by atoms with Crippen molar-refractivity contribution in [2.45, 2.75) is 51.7 Å². The molecule has 196 valence electrons. The molecule has 2 aliphatic carbocycles. The standard InChI is InChI=1S/C31H39NO4Si/c1-22-17-19-31(5)20-18-25(28(22)31)27(29(33)35-6)26(21-32-34)36-37(30(2,3)4,23-13-9-7-10-14-23)24-15-11-8-12-16-24/h7-16,18,20-21,25-28,34H,1,17,19H2,2-6H3/b32-21+/t25-,26?,27?,28-,31+/m1/s1. The molecule has 2 aromatic carbocycles. The first-order valence-corrected chi connectivity index (χ1v) is 14.9. The Labute approximate surface area is 222 Å². The van der Waals surface area contributed by atoms with Crippen molar-refractivity contribution in [1.29, 1.82) is 0 Å². The highest BCUT2D eigenvalue weighted by Gasteiger charge is 2.56. The fourth-order valence-corrected chi connectivity index (χ4v) is 11.3. The van der Waals surface area contributed by atoms with E-state index in [9.17, 15) is 10.0 Å². The Morgan fingerprint density at radius 1 is 1.14 bits per heavy atom. The number of carbonyl (C=O) groups is 1. The summed E-state index contributed by atoms with van der Waals surface area (Å²) in [7, 11) is -1.64. The van der Waals surface area contributed by atoms with E-state index in [1.807, 2.05) is 36.4 Å². The maximum absolute atomic E-state index is 13.5. The monoisotopic (exact) mass is 517 g/mol. The van der Waals surface area contributed by atoms with Crippen LogP contribution in [0.4, 0.5) is 0 Å². The molecule has 0 bridgehead atoms. The first kappa shape index (κ1) is 27.1. The van der Waals surface area contributed by atoms with Gasteiger partial charge in [-0.25, -0.2) is 0 Å². The molecule has 1 N–H and O–H groups in total. The maximum Gasteiger partial charge on any atom is 0.312 e. The van der Waals surface area contributed by atoms with Crippen LogP contribution in [0.15, 0.2) is 90.1 Å². The van der Waals surface area contributed by atoms with Crippen molar-refractivity contribution in [1.82, 2.24) is 0 Å². The quantitative estimate of drug-likeness (QED) is 0.128. The van der Waals surface area contributed by atoms with Gasteiger partial charge in [-0.1, -0.05) is 118 Å². The van der Waals surface area contributed by atoms with Gasteiger partial charge in [-0.2, -0.15) is 0 Å². The van der Waals surface area contributed by atoms with Gasteiger partial charge in [-0.05, 0) is 39.6 Å². The van der Waals surface area contributed by atoms with Gasteiger partial charge in [0.1, 0.15) is 0 Å². The molecule has 37 heavy (non-hydrogen) atoms. The third-order valence-electron chi connectivity index (χ3n) is 8.40. The van der Waals surface area contributed by atoms with Crippen molar-refractivity contribution >= 4 is 30.9 Å². The maximum atomic E-state index is 13.5. The summed E-state index contributed by atoms with van der Waals surface area (Å²) in [6.45, 7) is 13.2. The van der Waals surface area contributed by atoms with Gasteiger partial charge in [-0.15, -0.1) is 0 Å². The topological polar surface area (TPSA) is 68.1 Å². The van der Waals surface area contributed by atoms with Gasteiger partial charge in [-0.3, -0.25) is 4.79 Å². The van der Waals surface area contributed by atoms with Crippen molar-refractivity contribution in [3.05, 3.63) is 85.0 Å². The fraction of sp³-hybridized carbons (Fsp3) is 0.419. The Morgan fingerprint density at radius 3 is 2.19 bits per heavy atom. The van der Waals surface area contributed by atoms with Gasteiger partial charge in [0.05, 0.1) is 25.3 Å². The van der Waals surface area contributed by atoms with Crippen LogP contribution in [0.5, 0.6) is 0 Å². The molecular weight excluding hydrogens is 478 g/mol. The first-order chi connectivity index (χ1) is 17.6. The van der Waals surface area contributed by atoms with Gasteiger partial charge < -0.3 is 14.4 Å². The van der Waals surface area contributed by atoms with Crippen LogP contribution in [0.25, 0.3) is 0 Å². The summed E-state index contributed by atoms with van der Waals surface area (Å²) in [4.78, 5) is 13.5. The number of oxime groups is 1. The van der Waals surface area contributed by atoms with Crippen LogP contribution >= 0.6 is 0 Å². The minimum absolute atomic E-state index is 0.0493.